The normalized spacial score (nSPS) is 14.7. The van der Waals surface area contributed by atoms with Gasteiger partial charge >= 0.3 is 21.1 Å². The summed E-state index contributed by atoms with van der Waals surface area (Å²) in [6, 6.07) is 44.8. The quantitative estimate of drug-likeness (QED) is 0.166. The number of hydrogen-bond acceptors (Lipinski definition) is 3. The number of benzene rings is 5. The van der Waals surface area contributed by atoms with Gasteiger partial charge in [-0.25, -0.2) is 9.97 Å². The van der Waals surface area contributed by atoms with Gasteiger partial charge in [-0.15, -0.1) is 35.2 Å². The summed E-state index contributed by atoms with van der Waals surface area (Å²) in [5.41, 5.74) is 14.6. The third-order valence-corrected chi connectivity index (χ3v) is 13.1. The van der Waals surface area contributed by atoms with E-state index in [1.165, 1.54) is 22.4 Å². The van der Waals surface area contributed by atoms with E-state index >= 15 is 0 Å². The average molecular weight is 937 g/mol. The topological polar surface area (TPSA) is 57.9 Å². The molecule has 0 N–H and O–H groups in total. The third kappa shape index (κ3) is 4.86. The Morgan fingerprint density at radius 3 is 2.24 bits per heavy atom. The van der Waals surface area contributed by atoms with Crippen LogP contribution in [0.2, 0.25) is 0 Å². The number of aromatic nitrogens is 7. The summed E-state index contributed by atoms with van der Waals surface area (Å²) < 4.78 is 8.93. The fourth-order valence-corrected chi connectivity index (χ4v) is 9.30. The van der Waals surface area contributed by atoms with Crippen LogP contribution in [0.1, 0.15) is 70.9 Å². The van der Waals surface area contributed by atoms with Crippen LogP contribution in [0.25, 0.3) is 78.0 Å². The maximum Gasteiger partial charge on any atom is 2.00 e. The molecule has 0 radical (unpaired) electrons. The maximum absolute atomic E-state index is 5.30. The monoisotopic (exact) mass is 936 g/mol. The molecular formula is C50H43N7Pt. The van der Waals surface area contributed by atoms with Crippen molar-refractivity contribution in [2.24, 2.45) is 0 Å². The fourth-order valence-electron chi connectivity index (χ4n) is 9.30. The number of nitrogens with zero attached hydrogens (tertiary/aromatic N) is 7. The second kappa shape index (κ2) is 12.4. The number of para-hydroxylation sites is 2. The van der Waals surface area contributed by atoms with Crippen LogP contribution in [0, 0.1) is 19.1 Å². The van der Waals surface area contributed by atoms with Crippen molar-refractivity contribution >= 4 is 49.7 Å². The number of rotatable bonds is 3. The molecule has 5 aromatic carbocycles. The van der Waals surface area contributed by atoms with Crippen LogP contribution >= 0.6 is 0 Å². The van der Waals surface area contributed by atoms with Gasteiger partial charge in [0.1, 0.15) is 5.82 Å². The zero-order chi connectivity index (χ0) is 39.2. The van der Waals surface area contributed by atoms with Crippen LogP contribution in [0.3, 0.4) is 0 Å². The molecule has 8 heteroatoms. The molecule has 11 rings (SSSR count). The van der Waals surface area contributed by atoms with Crippen LogP contribution in [-0.4, -0.2) is 33.3 Å². The smallest absolute Gasteiger partial charge is 0.358 e. The van der Waals surface area contributed by atoms with Crippen molar-refractivity contribution in [3.8, 4) is 28.3 Å². The van der Waals surface area contributed by atoms with Gasteiger partial charge in [-0.1, -0.05) is 120 Å². The standard InChI is InChI=1S/C50H43N7.Pt/c1-30-15-14-20-39-45(30)53-47-55(39)42-27-35-34-18-12-13-19-38(34)54(40(35)28-43(42)56(47)44-25-32(23-24-51-44)48(2,3)4)33-21-22-37-41(26-33)57-46(50(7,8)49(37,5)6)36(29-52-57)31-16-10-9-11-17-31;/h9-25,27,29H,1-8H3;/q-2;+2. The summed E-state index contributed by atoms with van der Waals surface area (Å²) >= 11 is 0. The molecule has 0 saturated heterocycles. The van der Waals surface area contributed by atoms with Crippen LogP contribution in [0.4, 0.5) is 0 Å². The van der Waals surface area contributed by atoms with Gasteiger partial charge in [0, 0.05) is 22.7 Å². The van der Waals surface area contributed by atoms with E-state index in [2.05, 4.69) is 189 Å². The predicted molar refractivity (Wildman–Crippen MR) is 231 cm³/mol. The molecule has 0 aliphatic carbocycles. The molecule has 0 bridgehead atoms. The molecule has 0 unspecified atom stereocenters. The molecule has 0 atom stereocenters. The van der Waals surface area contributed by atoms with Gasteiger partial charge in [0.15, 0.2) is 0 Å². The zero-order valence-electron chi connectivity index (χ0n) is 33.9. The van der Waals surface area contributed by atoms with E-state index in [1.54, 1.807) is 0 Å². The molecule has 0 saturated carbocycles. The first-order valence-electron chi connectivity index (χ1n) is 19.8. The molecule has 1 aliphatic heterocycles. The molecule has 288 valence electrons. The summed E-state index contributed by atoms with van der Waals surface area (Å²) in [5, 5.41) is 7.36. The Balaban J connectivity index is 0.00000408. The van der Waals surface area contributed by atoms with Gasteiger partial charge in [0.25, 0.3) is 0 Å². The van der Waals surface area contributed by atoms with Crippen LogP contribution < -0.4 is 0 Å². The number of imidazole rings is 2. The van der Waals surface area contributed by atoms with Crippen molar-refractivity contribution in [1.82, 2.24) is 33.3 Å². The largest absolute Gasteiger partial charge is 2.00 e. The first-order chi connectivity index (χ1) is 27.3. The molecule has 0 amide bonds. The minimum atomic E-state index is -0.215. The summed E-state index contributed by atoms with van der Waals surface area (Å²) in [4.78, 5) is 10.3. The van der Waals surface area contributed by atoms with Crippen LogP contribution in [-0.2, 0) is 37.3 Å². The zero-order valence-corrected chi connectivity index (χ0v) is 36.2. The molecule has 0 fully saturated rings. The second-order valence-corrected chi connectivity index (χ2v) is 17.8. The Morgan fingerprint density at radius 2 is 1.45 bits per heavy atom. The van der Waals surface area contributed by atoms with Crippen LogP contribution in [0.5, 0.6) is 0 Å². The van der Waals surface area contributed by atoms with Crippen molar-refractivity contribution in [2.75, 3.05) is 0 Å². The van der Waals surface area contributed by atoms with E-state index in [0.717, 1.165) is 78.0 Å². The van der Waals surface area contributed by atoms with Gasteiger partial charge in [-0.3, -0.25) is 9.25 Å². The SMILES string of the molecule is Cc1cccc2c1nc1n(-c3cc(C(C)(C)C)ccn3)c3[c-]c4c(cc3n21)c1ccccc1n4-c1[c-]c2c(cc1)C(C)(C)C(C)(C)c1c(-c3ccccc3)cnn1-2.[Pt+2]. The van der Waals surface area contributed by atoms with Crippen molar-refractivity contribution in [3.05, 3.63) is 150 Å². The van der Waals surface area contributed by atoms with Crippen LogP contribution in [0.15, 0.2) is 116 Å². The first-order valence-corrected chi connectivity index (χ1v) is 19.8. The maximum atomic E-state index is 5.30. The van der Waals surface area contributed by atoms with Crippen molar-refractivity contribution in [2.45, 2.75) is 71.6 Å². The van der Waals surface area contributed by atoms with E-state index < -0.39 is 0 Å². The number of fused-ring (bicyclic) bond motifs is 11. The van der Waals surface area contributed by atoms with E-state index in [0.29, 0.717) is 0 Å². The Kier molecular flexibility index (Phi) is 7.79. The molecule has 0 spiro atoms. The second-order valence-electron chi connectivity index (χ2n) is 17.8. The van der Waals surface area contributed by atoms with E-state index in [-0.39, 0.29) is 37.3 Å². The number of hydrogen-bond donors (Lipinski definition) is 0. The molecule has 7 nitrogen and oxygen atoms in total. The Bertz CT molecular complexity index is 3290. The summed E-state index contributed by atoms with van der Waals surface area (Å²) in [6.45, 7) is 18.2. The Labute approximate surface area is 352 Å². The molecular weight excluding hydrogens is 894 g/mol. The molecule has 58 heavy (non-hydrogen) atoms. The van der Waals surface area contributed by atoms with Gasteiger partial charge in [-0.05, 0) is 80.8 Å². The van der Waals surface area contributed by atoms with E-state index in [9.17, 15) is 0 Å². The fraction of sp³-hybridized carbons (Fsp3) is 0.220. The predicted octanol–water partition coefficient (Wildman–Crippen LogP) is 11.5. The summed E-state index contributed by atoms with van der Waals surface area (Å²) in [5.74, 6) is 1.64. The average Bonchev–Trinajstić information content (AvgIpc) is 3.96. The minimum absolute atomic E-state index is 0. The Morgan fingerprint density at radius 1 is 0.690 bits per heavy atom. The first kappa shape index (κ1) is 36.6. The summed E-state index contributed by atoms with van der Waals surface area (Å²) in [7, 11) is 0. The molecule has 1 aliphatic rings. The minimum Gasteiger partial charge on any atom is -0.358 e. The Hall–Kier alpha value is -5.78. The van der Waals surface area contributed by atoms with E-state index in [1.807, 2.05) is 12.4 Å². The van der Waals surface area contributed by atoms with Crippen molar-refractivity contribution in [1.29, 1.82) is 0 Å². The van der Waals surface area contributed by atoms with Crippen molar-refractivity contribution in [3.63, 3.8) is 0 Å². The molecule has 5 aromatic heterocycles. The van der Waals surface area contributed by atoms with Gasteiger partial charge in [0.2, 0.25) is 5.78 Å². The van der Waals surface area contributed by atoms with Crippen molar-refractivity contribution < 1.29 is 21.1 Å². The third-order valence-electron chi connectivity index (χ3n) is 13.1. The summed E-state index contributed by atoms with van der Waals surface area (Å²) in [6.07, 6.45) is 3.95. The van der Waals surface area contributed by atoms with Gasteiger partial charge in [-0.2, -0.15) is 11.2 Å². The number of aryl methyl sites for hydroxylation is 1. The van der Waals surface area contributed by atoms with Gasteiger partial charge in [0.05, 0.1) is 22.9 Å². The molecule has 10 aromatic rings. The van der Waals surface area contributed by atoms with E-state index in [4.69, 9.17) is 15.1 Å². The number of pyridine rings is 1. The van der Waals surface area contributed by atoms with Gasteiger partial charge < -0.3 is 8.97 Å². The molecule has 6 heterocycles.